The highest BCUT2D eigenvalue weighted by Gasteiger charge is 2.15. The molecule has 6 nitrogen and oxygen atoms in total. The first kappa shape index (κ1) is 10.9. The zero-order chi connectivity index (χ0) is 12.3. The smallest absolute Gasteiger partial charge is 0.321 e. The van der Waals surface area contributed by atoms with E-state index in [1.165, 1.54) is 30.6 Å². The molecule has 17 heavy (non-hydrogen) atoms. The number of nitrogens with one attached hydrogen (secondary N) is 2. The minimum atomic E-state index is -0.627. The van der Waals surface area contributed by atoms with E-state index in [0.29, 0.717) is 4.73 Å². The molecule has 0 fully saturated rings. The van der Waals surface area contributed by atoms with Gasteiger partial charge in [0.25, 0.3) is 11.3 Å². The number of aromatic nitrogens is 2. The Bertz CT molecular complexity index is 607. The maximum Gasteiger partial charge on any atom is 0.321 e. The lowest BCUT2D eigenvalue weighted by Gasteiger charge is -2.04. The molecule has 0 bridgehead atoms. The van der Waals surface area contributed by atoms with Gasteiger partial charge in [-0.15, -0.1) is 0 Å². The highest BCUT2D eigenvalue weighted by atomic mass is 16.5. The van der Waals surface area contributed by atoms with Crippen molar-refractivity contribution in [3.8, 4) is 0 Å². The molecule has 86 valence electrons. The topological polar surface area (TPSA) is 88.9 Å². The summed E-state index contributed by atoms with van der Waals surface area (Å²) in [6.45, 7) is 0. The summed E-state index contributed by atoms with van der Waals surface area (Å²) in [7, 11) is 0. The van der Waals surface area contributed by atoms with Crippen molar-refractivity contribution in [1.29, 1.82) is 0 Å². The summed E-state index contributed by atoms with van der Waals surface area (Å²) in [5.41, 5.74) is -0.397. The van der Waals surface area contributed by atoms with E-state index in [1.54, 1.807) is 12.1 Å². The van der Waals surface area contributed by atoms with Crippen LogP contribution in [0.5, 0.6) is 0 Å². The highest BCUT2D eigenvalue weighted by molar-refractivity contribution is 6.01. The van der Waals surface area contributed by atoms with E-state index in [9.17, 15) is 14.8 Å². The van der Waals surface area contributed by atoms with E-state index in [2.05, 4.69) is 10.3 Å². The van der Waals surface area contributed by atoms with Gasteiger partial charge in [-0.2, -0.15) is 4.73 Å². The molecule has 0 aliphatic rings. The van der Waals surface area contributed by atoms with Crippen LogP contribution >= 0.6 is 0 Å². The van der Waals surface area contributed by atoms with E-state index in [1.807, 2.05) is 0 Å². The van der Waals surface area contributed by atoms with Crippen LogP contribution in [0.3, 0.4) is 0 Å². The van der Waals surface area contributed by atoms with Gasteiger partial charge in [0.2, 0.25) is 0 Å². The number of anilines is 1. The van der Waals surface area contributed by atoms with Gasteiger partial charge in [-0.3, -0.25) is 9.59 Å². The lowest BCUT2D eigenvalue weighted by atomic mass is 10.3. The average molecular weight is 231 g/mol. The molecule has 0 aliphatic heterocycles. The van der Waals surface area contributed by atoms with Crippen LogP contribution in [0.25, 0.3) is 0 Å². The molecular weight excluding hydrogens is 222 g/mol. The van der Waals surface area contributed by atoms with Gasteiger partial charge in [-0.1, -0.05) is 0 Å². The van der Waals surface area contributed by atoms with Crippen LogP contribution in [0.4, 0.5) is 5.69 Å². The second kappa shape index (κ2) is 4.48. The first-order valence-corrected chi connectivity index (χ1v) is 4.86. The molecule has 0 aliphatic carbocycles. The standard InChI is InChI=1S/C11H9N3O3/c15-10-8(4-3-6-12-10)13-11(16)9-5-1-2-7-14(9)17/h1-7H,(H,12,15)(H,13,16). The lowest BCUT2D eigenvalue weighted by molar-refractivity contribution is -0.607. The molecule has 2 rings (SSSR count). The molecule has 0 saturated heterocycles. The molecule has 2 aromatic heterocycles. The van der Waals surface area contributed by atoms with Crippen LogP contribution in [-0.2, 0) is 0 Å². The first-order valence-electron chi connectivity index (χ1n) is 4.86. The highest BCUT2D eigenvalue weighted by Crippen LogP contribution is 2.00. The molecule has 2 aromatic rings. The number of nitrogens with zero attached hydrogens (tertiary/aromatic N) is 1. The van der Waals surface area contributed by atoms with Gasteiger partial charge in [-0.25, -0.2) is 0 Å². The molecule has 0 unspecified atom stereocenters. The molecule has 0 atom stereocenters. The Morgan fingerprint density at radius 1 is 1.29 bits per heavy atom. The van der Waals surface area contributed by atoms with Gasteiger partial charge < -0.3 is 15.5 Å². The molecule has 0 radical (unpaired) electrons. The number of hydrogen-bond acceptors (Lipinski definition) is 3. The van der Waals surface area contributed by atoms with Gasteiger partial charge in [0.05, 0.1) is 0 Å². The third-order valence-electron chi connectivity index (χ3n) is 2.12. The van der Waals surface area contributed by atoms with Gasteiger partial charge in [0, 0.05) is 18.3 Å². The summed E-state index contributed by atoms with van der Waals surface area (Å²) in [4.78, 5) is 25.4. The molecule has 2 heterocycles. The van der Waals surface area contributed by atoms with E-state index >= 15 is 0 Å². The Morgan fingerprint density at radius 2 is 2.12 bits per heavy atom. The molecule has 2 N–H and O–H groups in total. The summed E-state index contributed by atoms with van der Waals surface area (Å²) in [6, 6.07) is 7.49. The van der Waals surface area contributed by atoms with Crippen molar-refractivity contribution < 1.29 is 9.52 Å². The van der Waals surface area contributed by atoms with Crippen LogP contribution in [0.1, 0.15) is 10.5 Å². The maximum atomic E-state index is 11.7. The number of H-pyrrole nitrogens is 1. The van der Waals surface area contributed by atoms with Gasteiger partial charge >= 0.3 is 5.91 Å². The minimum absolute atomic E-state index is 0.0734. The molecule has 0 spiro atoms. The van der Waals surface area contributed by atoms with Crippen LogP contribution in [-0.4, -0.2) is 10.9 Å². The average Bonchev–Trinajstić information content (AvgIpc) is 2.32. The van der Waals surface area contributed by atoms with Gasteiger partial charge in [0.1, 0.15) is 5.69 Å². The normalized spacial score (nSPS) is 9.88. The quantitative estimate of drug-likeness (QED) is 0.574. The number of carbonyl (C=O) groups is 1. The number of aromatic amines is 1. The zero-order valence-corrected chi connectivity index (χ0v) is 8.71. The number of rotatable bonds is 2. The predicted molar refractivity (Wildman–Crippen MR) is 60.4 cm³/mol. The number of hydrogen-bond donors (Lipinski definition) is 2. The summed E-state index contributed by atoms with van der Waals surface area (Å²) in [6.07, 6.45) is 2.67. The maximum absolute atomic E-state index is 11.7. The molecule has 1 amide bonds. The minimum Gasteiger partial charge on any atom is -0.618 e. The first-order chi connectivity index (χ1) is 8.18. The van der Waals surface area contributed by atoms with Crippen LogP contribution in [0.2, 0.25) is 0 Å². The van der Waals surface area contributed by atoms with E-state index in [0.717, 1.165) is 0 Å². The molecule has 0 aromatic carbocycles. The van der Waals surface area contributed by atoms with Crippen molar-refractivity contribution in [2.45, 2.75) is 0 Å². The zero-order valence-electron chi connectivity index (χ0n) is 8.71. The second-order valence-corrected chi connectivity index (χ2v) is 3.28. The predicted octanol–water partition coefficient (Wildman–Crippen LogP) is 0.261. The van der Waals surface area contributed by atoms with Crippen molar-refractivity contribution in [3.63, 3.8) is 0 Å². The SMILES string of the molecule is O=C(Nc1ccc[nH]c1=O)c1cccc[n+]1[O-]. The molecule has 0 saturated carbocycles. The van der Waals surface area contributed by atoms with Crippen LogP contribution in [0.15, 0.2) is 47.5 Å². The van der Waals surface area contributed by atoms with E-state index in [4.69, 9.17) is 0 Å². The third-order valence-corrected chi connectivity index (χ3v) is 2.12. The van der Waals surface area contributed by atoms with Gasteiger partial charge in [-0.05, 0) is 18.2 Å². The summed E-state index contributed by atoms with van der Waals surface area (Å²) in [5, 5.41) is 13.7. The fourth-order valence-corrected chi connectivity index (χ4v) is 1.31. The van der Waals surface area contributed by atoms with Crippen molar-refractivity contribution in [2.24, 2.45) is 0 Å². The van der Waals surface area contributed by atoms with Crippen molar-refractivity contribution >= 4 is 11.6 Å². The van der Waals surface area contributed by atoms with Crippen molar-refractivity contribution in [1.82, 2.24) is 4.98 Å². The van der Waals surface area contributed by atoms with Crippen LogP contribution in [0, 0.1) is 5.21 Å². The fourth-order valence-electron chi connectivity index (χ4n) is 1.31. The van der Waals surface area contributed by atoms with E-state index < -0.39 is 11.5 Å². The monoisotopic (exact) mass is 231 g/mol. The number of amides is 1. The number of carbonyl (C=O) groups excluding carboxylic acids is 1. The van der Waals surface area contributed by atoms with Crippen molar-refractivity contribution in [2.75, 3.05) is 5.32 Å². The molecular formula is C11H9N3O3. The van der Waals surface area contributed by atoms with Gasteiger partial charge in [0.15, 0.2) is 6.20 Å². The summed E-state index contributed by atoms with van der Waals surface area (Å²) in [5.74, 6) is -0.627. The Morgan fingerprint density at radius 3 is 2.82 bits per heavy atom. The van der Waals surface area contributed by atoms with Crippen LogP contribution < -0.4 is 15.6 Å². The summed E-state index contributed by atoms with van der Waals surface area (Å²) < 4.78 is 0.437. The fraction of sp³-hybridized carbons (Fsp3) is 0. The Balaban J connectivity index is 2.27. The third kappa shape index (κ3) is 2.31. The number of pyridine rings is 2. The lowest BCUT2D eigenvalue weighted by Crippen LogP contribution is -2.36. The Labute approximate surface area is 96.1 Å². The summed E-state index contributed by atoms with van der Waals surface area (Å²) >= 11 is 0. The van der Waals surface area contributed by atoms with Crippen molar-refractivity contribution in [3.05, 3.63) is 64.0 Å². The largest absolute Gasteiger partial charge is 0.618 e. The molecule has 6 heteroatoms. The Hall–Kier alpha value is -2.63. The van der Waals surface area contributed by atoms with E-state index in [-0.39, 0.29) is 11.4 Å². The second-order valence-electron chi connectivity index (χ2n) is 3.28. The Kier molecular flexibility index (Phi) is 2.87.